The zero-order valence-corrected chi connectivity index (χ0v) is 12.0. The second-order valence-corrected chi connectivity index (χ2v) is 4.64. The Morgan fingerprint density at radius 3 is 2.84 bits per heavy atom. The van der Waals surface area contributed by atoms with Gasteiger partial charge in [0.05, 0.1) is 6.10 Å². The van der Waals surface area contributed by atoms with Gasteiger partial charge in [0.1, 0.15) is 11.6 Å². The molecule has 1 unspecified atom stereocenters. The highest BCUT2D eigenvalue weighted by molar-refractivity contribution is 5.34. The lowest BCUT2D eigenvalue weighted by Gasteiger charge is -2.17. The highest BCUT2D eigenvalue weighted by Gasteiger charge is 2.09. The van der Waals surface area contributed by atoms with Crippen molar-refractivity contribution in [3.05, 3.63) is 29.6 Å². The fraction of sp³-hybridized carbons (Fsp3) is 0.600. The number of nitrogens with one attached hydrogen (secondary N) is 1. The number of benzene rings is 1. The van der Waals surface area contributed by atoms with E-state index in [2.05, 4.69) is 12.2 Å². The number of rotatable bonds is 9. The van der Waals surface area contributed by atoms with Crippen molar-refractivity contribution in [1.29, 1.82) is 0 Å². The van der Waals surface area contributed by atoms with Crippen molar-refractivity contribution in [2.75, 3.05) is 20.3 Å². The van der Waals surface area contributed by atoms with Crippen LogP contribution >= 0.6 is 0 Å². The van der Waals surface area contributed by atoms with Gasteiger partial charge >= 0.3 is 0 Å². The van der Waals surface area contributed by atoms with Crippen LogP contribution < -0.4 is 10.1 Å². The first-order chi connectivity index (χ1) is 9.17. The number of halogens is 1. The quantitative estimate of drug-likeness (QED) is 0.699. The van der Waals surface area contributed by atoms with Gasteiger partial charge in [-0.05, 0) is 38.1 Å². The first-order valence-corrected chi connectivity index (χ1v) is 6.82. The summed E-state index contributed by atoms with van der Waals surface area (Å²) in [6.07, 6.45) is 1.92. The molecule has 0 heterocycles. The summed E-state index contributed by atoms with van der Waals surface area (Å²) in [6.45, 7) is 6.29. The molecule has 0 spiro atoms. The van der Waals surface area contributed by atoms with Gasteiger partial charge in [0.25, 0.3) is 0 Å². The van der Waals surface area contributed by atoms with Gasteiger partial charge in [0.2, 0.25) is 0 Å². The fourth-order valence-electron chi connectivity index (χ4n) is 1.76. The van der Waals surface area contributed by atoms with E-state index in [4.69, 9.17) is 9.47 Å². The maximum absolute atomic E-state index is 13.3. The third-order valence-corrected chi connectivity index (χ3v) is 2.82. The van der Waals surface area contributed by atoms with Crippen LogP contribution in [0, 0.1) is 5.82 Å². The minimum Gasteiger partial charge on any atom is -0.490 e. The standard InChI is InChI=1S/C15H24FNO2/c1-4-8-17-11-13-10-14(16)5-6-15(13)19-12(2)7-9-18-3/h5-6,10,12,17H,4,7-9,11H2,1-3H3. The predicted octanol–water partition coefficient (Wildman–Crippen LogP) is 3.13. The molecule has 1 aromatic carbocycles. The van der Waals surface area contributed by atoms with Crippen molar-refractivity contribution in [2.24, 2.45) is 0 Å². The van der Waals surface area contributed by atoms with Crippen molar-refractivity contribution in [2.45, 2.75) is 39.3 Å². The molecule has 0 aliphatic heterocycles. The molecule has 0 amide bonds. The lowest BCUT2D eigenvalue weighted by atomic mass is 10.2. The molecule has 0 aliphatic carbocycles. The van der Waals surface area contributed by atoms with Crippen LogP contribution in [-0.4, -0.2) is 26.4 Å². The monoisotopic (exact) mass is 269 g/mol. The lowest BCUT2D eigenvalue weighted by molar-refractivity contribution is 0.134. The van der Waals surface area contributed by atoms with Crippen molar-refractivity contribution in [3.8, 4) is 5.75 Å². The maximum Gasteiger partial charge on any atom is 0.124 e. The summed E-state index contributed by atoms with van der Waals surface area (Å²) in [5, 5.41) is 3.26. The van der Waals surface area contributed by atoms with Gasteiger partial charge in [0, 0.05) is 32.2 Å². The van der Waals surface area contributed by atoms with Crippen molar-refractivity contribution >= 4 is 0 Å². The summed E-state index contributed by atoms with van der Waals surface area (Å²) in [7, 11) is 1.67. The smallest absolute Gasteiger partial charge is 0.124 e. The summed E-state index contributed by atoms with van der Waals surface area (Å²) in [5.74, 6) is 0.513. The summed E-state index contributed by atoms with van der Waals surface area (Å²) in [6, 6.07) is 4.66. The highest BCUT2D eigenvalue weighted by Crippen LogP contribution is 2.21. The summed E-state index contributed by atoms with van der Waals surface area (Å²) in [5.41, 5.74) is 0.859. The fourth-order valence-corrected chi connectivity index (χ4v) is 1.76. The molecule has 0 radical (unpaired) electrons. The molecule has 0 saturated heterocycles. The zero-order chi connectivity index (χ0) is 14.1. The Labute approximate surface area is 115 Å². The van der Waals surface area contributed by atoms with Crippen LogP contribution in [0.3, 0.4) is 0 Å². The largest absolute Gasteiger partial charge is 0.490 e. The van der Waals surface area contributed by atoms with Gasteiger partial charge in [-0.3, -0.25) is 0 Å². The Morgan fingerprint density at radius 2 is 2.16 bits per heavy atom. The van der Waals surface area contributed by atoms with Crippen LogP contribution in [0.4, 0.5) is 4.39 Å². The number of hydrogen-bond acceptors (Lipinski definition) is 3. The van der Waals surface area contributed by atoms with E-state index in [0.29, 0.717) is 13.2 Å². The van der Waals surface area contributed by atoms with E-state index in [0.717, 1.165) is 30.7 Å². The van der Waals surface area contributed by atoms with Crippen molar-refractivity contribution in [3.63, 3.8) is 0 Å². The molecule has 4 heteroatoms. The molecule has 1 rings (SSSR count). The van der Waals surface area contributed by atoms with E-state index < -0.39 is 0 Å². The Morgan fingerprint density at radius 1 is 1.37 bits per heavy atom. The van der Waals surface area contributed by atoms with Gasteiger partial charge in [-0.2, -0.15) is 0 Å². The summed E-state index contributed by atoms with van der Waals surface area (Å²) >= 11 is 0. The van der Waals surface area contributed by atoms with Crippen LogP contribution in [-0.2, 0) is 11.3 Å². The molecule has 1 aromatic rings. The van der Waals surface area contributed by atoms with E-state index in [9.17, 15) is 4.39 Å². The molecule has 0 aliphatic rings. The number of ether oxygens (including phenoxy) is 2. The molecule has 0 saturated carbocycles. The minimum atomic E-state index is -0.231. The van der Waals surface area contributed by atoms with Crippen LogP contribution in [0.25, 0.3) is 0 Å². The zero-order valence-electron chi connectivity index (χ0n) is 12.0. The normalized spacial score (nSPS) is 12.4. The topological polar surface area (TPSA) is 30.5 Å². The van der Waals surface area contributed by atoms with Gasteiger partial charge < -0.3 is 14.8 Å². The Bertz CT molecular complexity index is 371. The second-order valence-electron chi connectivity index (χ2n) is 4.64. The third-order valence-electron chi connectivity index (χ3n) is 2.82. The van der Waals surface area contributed by atoms with E-state index in [1.165, 1.54) is 12.1 Å². The van der Waals surface area contributed by atoms with Crippen LogP contribution in [0.15, 0.2) is 18.2 Å². The predicted molar refractivity (Wildman–Crippen MR) is 75.0 cm³/mol. The lowest BCUT2D eigenvalue weighted by Crippen LogP contribution is -2.18. The number of methoxy groups -OCH3 is 1. The molecule has 0 fully saturated rings. The van der Waals surface area contributed by atoms with E-state index in [-0.39, 0.29) is 11.9 Å². The van der Waals surface area contributed by atoms with Crippen LogP contribution in [0.2, 0.25) is 0 Å². The number of hydrogen-bond donors (Lipinski definition) is 1. The van der Waals surface area contributed by atoms with E-state index >= 15 is 0 Å². The molecular formula is C15H24FNO2. The molecule has 0 aromatic heterocycles. The third kappa shape index (κ3) is 6.03. The van der Waals surface area contributed by atoms with E-state index in [1.54, 1.807) is 13.2 Å². The molecule has 3 nitrogen and oxygen atoms in total. The summed E-state index contributed by atoms with van der Waals surface area (Å²) < 4.78 is 24.2. The molecule has 108 valence electrons. The van der Waals surface area contributed by atoms with Crippen LogP contribution in [0.1, 0.15) is 32.3 Å². The van der Waals surface area contributed by atoms with Crippen LogP contribution in [0.5, 0.6) is 5.75 Å². The van der Waals surface area contributed by atoms with Gasteiger partial charge in [-0.25, -0.2) is 4.39 Å². The molecular weight excluding hydrogens is 245 g/mol. The molecule has 0 bridgehead atoms. The first kappa shape index (κ1) is 15.9. The molecule has 1 atom stereocenters. The van der Waals surface area contributed by atoms with Crippen molar-refractivity contribution in [1.82, 2.24) is 5.32 Å². The van der Waals surface area contributed by atoms with Gasteiger partial charge in [-0.1, -0.05) is 6.92 Å². The van der Waals surface area contributed by atoms with Gasteiger partial charge in [-0.15, -0.1) is 0 Å². The second kappa shape index (κ2) is 8.88. The maximum atomic E-state index is 13.3. The SMILES string of the molecule is CCCNCc1cc(F)ccc1OC(C)CCOC. The molecule has 19 heavy (non-hydrogen) atoms. The minimum absolute atomic E-state index is 0.0512. The van der Waals surface area contributed by atoms with Crippen molar-refractivity contribution < 1.29 is 13.9 Å². The first-order valence-electron chi connectivity index (χ1n) is 6.82. The average Bonchev–Trinajstić information content (AvgIpc) is 2.39. The van der Waals surface area contributed by atoms with E-state index in [1.807, 2.05) is 6.92 Å². The Balaban J connectivity index is 2.64. The average molecular weight is 269 g/mol. The Hall–Kier alpha value is -1.13. The Kier molecular flexibility index (Phi) is 7.45. The van der Waals surface area contributed by atoms with Gasteiger partial charge in [0.15, 0.2) is 0 Å². The molecule has 1 N–H and O–H groups in total. The highest BCUT2D eigenvalue weighted by atomic mass is 19.1. The summed E-state index contributed by atoms with van der Waals surface area (Å²) in [4.78, 5) is 0.